The fourth-order valence-corrected chi connectivity index (χ4v) is 1.18. The van der Waals surface area contributed by atoms with Gasteiger partial charge in [0.15, 0.2) is 0 Å². The highest BCUT2D eigenvalue weighted by Gasteiger charge is 2.07. The van der Waals surface area contributed by atoms with E-state index in [0.717, 1.165) is 18.5 Å². The van der Waals surface area contributed by atoms with E-state index >= 15 is 0 Å². The van der Waals surface area contributed by atoms with E-state index in [1.807, 2.05) is 13.8 Å². The number of hydrogen-bond acceptors (Lipinski definition) is 1. The molecule has 1 atom stereocenters. The minimum atomic E-state index is 0.722. The van der Waals surface area contributed by atoms with Crippen LogP contribution in [-0.4, -0.2) is 12.6 Å². The minimum Gasteiger partial charge on any atom is -0.314 e. The van der Waals surface area contributed by atoms with Crippen LogP contribution in [0.4, 0.5) is 0 Å². The maximum atomic E-state index is 3.52. The molecule has 0 aromatic carbocycles. The first-order chi connectivity index (χ1) is 5.72. The summed E-state index contributed by atoms with van der Waals surface area (Å²) in [5.74, 6) is 0.775. The lowest BCUT2D eigenvalue weighted by Gasteiger charge is -2.19. The zero-order valence-corrected chi connectivity index (χ0v) is 9.78. The van der Waals surface area contributed by atoms with Crippen LogP contribution in [0.3, 0.4) is 0 Å². The fraction of sp³-hybridized carbons (Fsp3) is 1.00. The third-order valence-electron chi connectivity index (χ3n) is 1.90. The van der Waals surface area contributed by atoms with Crippen molar-refractivity contribution in [1.29, 1.82) is 0 Å². The van der Waals surface area contributed by atoms with Crippen LogP contribution in [-0.2, 0) is 0 Å². The summed E-state index contributed by atoms with van der Waals surface area (Å²) in [5, 5.41) is 3.52. The quantitative estimate of drug-likeness (QED) is 0.671. The molecular weight excluding hydrogens is 146 g/mol. The zero-order valence-electron chi connectivity index (χ0n) is 9.78. The molecule has 0 saturated heterocycles. The third-order valence-corrected chi connectivity index (χ3v) is 1.90. The molecular formula is C11H27N. The van der Waals surface area contributed by atoms with Crippen LogP contribution >= 0.6 is 0 Å². The summed E-state index contributed by atoms with van der Waals surface area (Å²) >= 11 is 0. The van der Waals surface area contributed by atoms with Gasteiger partial charge < -0.3 is 5.32 Å². The Labute approximate surface area is 78.9 Å². The summed E-state index contributed by atoms with van der Waals surface area (Å²) in [6.45, 7) is 14.2. The Kier molecular flexibility index (Phi) is 13.2. The Balaban J connectivity index is 0. The van der Waals surface area contributed by atoms with Crippen LogP contribution in [0, 0.1) is 5.92 Å². The van der Waals surface area contributed by atoms with Crippen LogP contribution in [0.5, 0.6) is 0 Å². The zero-order chi connectivity index (χ0) is 9.98. The van der Waals surface area contributed by atoms with Gasteiger partial charge in [0.25, 0.3) is 0 Å². The van der Waals surface area contributed by atoms with E-state index in [2.05, 4.69) is 33.0 Å². The molecule has 1 nitrogen and oxygen atoms in total. The highest BCUT2D eigenvalue weighted by Crippen LogP contribution is 2.04. The van der Waals surface area contributed by atoms with E-state index in [1.165, 1.54) is 12.8 Å². The molecule has 0 saturated carbocycles. The van der Waals surface area contributed by atoms with Crippen LogP contribution in [0.1, 0.15) is 54.4 Å². The first-order valence-corrected chi connectivity index (χ1v) is 5.45. The molecule has 0 fully saturated rings. The predicted molar refractivity (Wildman–Crippen MR) is 58.6 cm³/mol. The minimum absolute atomic E-state index is 0.722. The van der Waals surface area contributed by atoms with Gasteiger partial charge in [0.2, 0.25) is 0 Å². The van der Waals surface area contributed by atoms with Crippen molar-refractivity contribution in [3.05, 3.63) is 0 Å². The van der Waals surface area contributed by atoms with Crippen molar-refractivity contribution in [3.63, 3.8) is 0 Å². The Hall–Kier alpha value is -0.0400. The van der Waals surface area contributed by atoms with Gasteiger partial charge >= 0.3 is 0 Å². The molecule has 0 aliphatic heterocycles. The molecule has 1 heteroatoms. The average Bonchev–Trinajstić information content (AvgIpc) is 2.09. The highest BCUT2D eigenvalue weighted by molar-refractivity contribution is 4.67. The largest absolute Gasteiger partial charge is 0.314 e. The summed E-state index contributed by atoms with van der Waals surface area (Å²) in [6, 6.07) is 0.722. The van der Waals surface area contributed by atoms with Crippen molar-refractivity contribution in [2.24, 2.45) is 5.92 Å². The van der Waals surface area contributed by atoms with Crippen molar-refractivity contribution >= 4 is 0 Å². The molecule has 0 bridgehead atoms. The van der Waals surface area contributed by atoms with E-state index < -0.39 is 0 Å². The van der Waals surface area contributed by atoms with E-state index in [9.17, 15) is 0 Å². The summed E-state index contributed by atoms with van der Waals surface area (Å²) < 4.78 is 0. The van der Waals surface area contributed by atoms with Crippen molar-refractivity contribution in [2.45, 2.75) is 60.4 Å². The molecule has 0 aliphatic carbocycles. The normalized spacial score (nSPS) is 12.2. The number of rotatable bonds is 5. The SMILES string of the molecule is CC.CCCNC(CC)C(C)C. The molecule has 0 spiro atoms. The molecule has 12 heavy (non-hydrogen) atoms. The van der Waals surface area contributed by atoms with Gasteiger partial charge in [-0.25, -0.2) is 0 Å². The molecule has 0 amide bonds. The molecule has 0 heterocycles. The van der Waals surface area contributed by atoms with Crippen LogP contribution in [0.2, 0.25) is 0 Å². The lowest BCUT2D eigenvalue weighted by Crippen LogP contribution is -2.33. The molecule has 0 aliphatic rings. The van der Waals surface area contributed by atoms with Gasteiger partial charge in [-0.2, -0.15) is 0 Å². The van der Waals surface area contributed by atoms with Crippen molar-refractivity contribution < 1.29 is 0 Å². The van der Waals surface area contributed by atoms with Crippen LogP contribution in [0.15, 0.2) is 0 Å². The molecule has 76 valence electrons. The van der Waals surface area contributed by atoms with E-state index in [1.54, 1.807) is 0 Å². The molecule has 0 aromatic heterocycles. The highest BCUT2D eigenvalue weighted by atomic mass is 14.9. The second-order valence-electron chi connectivity index (χ2n) is 3.21. The Morgan fingerprint density at radius 1 is 1.08 bits per heavy atom. The standard InChI is InChI=1S/C9H21N.C2H6/c1-5-7-10-9(6-2)8(3)4;1-2/h8-10H,5-7H2,1-4H3;1-2H3. The summed E-state index contributed by atoms with van der Waals surface area (Å²) in [5.41, 5.74) is 0. The number of nitrogens with one attached hydrogen (secondary N) is 1. The first-order valence-electron chi connectivity index (χ1n) is 5.45. The lowest BCUT2D eigenvalue weighted by molar-refractivity contribution is 0.390. The molecule has 1 N–H and O–H groups in total. The smallest absolute Gasteiger partial charge is 0.00874 e. The number of hydrogen-bond donors (Lipinski definition) is 1. The van der Waals surface area contributed by atoms with Gasteiger partial charge in [-0.05, 0) is 25.3 Å². The Bertz CT molecular complexity index is 69.4. The maximum absolute atomic E-state index is 3.52. The van der Waals surface area contributed by atoms with Gasteiger partial charge in [-0.15, -0.1) is 0 Å². The lowest BCUT2D eigenvalue weighted by atomic mass is 10.0. The molecule has 1 unspecified atom stereocenters. The molecule has 0 radical (unpaired) electrons. The van der Waals surface area contributed by atoms with Crippen molar-refractivity contribution in [2.75, 3.05) is 6.54 Å². The topological polar surface area (TPSA) is 12.0 Å². The van der Waals surface area contributed by atoms with Gasteiger partial charge in [0.1, 0.15) is 0 Å². The molecule has 0 aromatic rings. The second kappa shape index (κ2) is 11.0. The summed E-state index contributed by atoms with van der Waals surface area (Å²) in [7, 11) is 0. The van der Waals surface area contributed by atoms with Crippen LogP contribution in [0.25, 0.3) is 0 Å². The maximum Gasteiger partial charge on any atom is 0.00874 e. The van der Waals surface area contributed by atoms with Gasteiger partial charge in [0.05, 0.1) is 0 Å². The van der Waals surface area contributed by atoms with Crippen molar-refractivity contribution in [1.82, 2.24) is 5.32 Å². The summed E-state index contributed by atoms with van der Waals surface area (Å²) in [4.78, 5) is 0. The Morgan fingerprint density at radius 2 is 1.58 bits per heavy atom. The Morgan fingerprint density at radius 3 is 1.83 bits per heavy atom. The van der Waals surface area contributed by atoms with Gasteiger partial charge in [-0.1, -0.05) is 41.5 Å². The summed E-state index contributed by atoms with van der Waals surface area (Å²) in [6.07, 6.45) is 2.49. The van der Waals surface area contributed by atoms with Gasteiger partial charge in [0, 0.05) is 6.04 Å². The first kappa shape index (κ1) is 14.5. The van der Waals surface area contributed by atoms with E-state index in [0.29, 0.717) is 0 Å². The predicted octanol–water partition coefficient (Wildman–Crippen LogP) is 3.45. The van der Waals surface area contributed by atoms with Gasteiger partial charge in [-0.3, -0.25) is 0 Å². The fourth-order valence-electron chi connectivity index (χ4n) is 1.18. The molecule has 0 rings (SSSR count). The van der Waals surface area contributed by atoms with Crippen molar-refractivity contribution in [3.8, 4) is 0 Å². The van der Waals surface area contributed by atoms with Crippen LogP contribution < -0.4 is 5.32 Å². The monoisotopic (exact) mass is 173 g/mol. The van der Waals surface area contributed by atoms with E-state index in [4.69, 9.17) is 0 Å². The van der Waals surface area contributed by atoms with E-state index in [-0.39, 0.29) is 0 Å². The average molecular weight is 173 g/mol. The third kappa shape index (κ3) is 8.06. The second-order valence-corrected chi connectivity index (χ2v) is 3.21.